The second kappa shape index (κ2) is 26.3. The number of likely N-dealkylation sites (N-methyl/N-ethyl adjacent to an activating group) is 2. The van der Waals surface area contributed by atoms with Crippen LogP contribution in [0.3, 0.4) is 0 Å². The molecule has 0 atom stereocenters. The number of nitrogens with one attached hydrogen (secondary N) is 1. The minimum atomic E-state index is -0.915. The summed E-state index contributed by atoms with van der Waals surface area (Å²) >= 11 is 3.47. The maximum atomic E-state index is 14.3. The van der Waals surface area contributed by atoms with Crippen LogP contribution >= 0.6 is 23.5 Å². The zero-order chi connectivity index (χ0) is 46.5. The molecular weight excluding hydrogens is 843 g/mol. The molecule has 0 bridgehead atoms. The minimum absolute atomic E-state index is 0.00480. The highest BCUT2D eigenvalue weighted by Gasteiger charge is 2.36. The summed E-state index contributed by atoms with van der Waals surface area (Å²) in [5.74, 6) is 2.91. The van der Waals surface area contributed by atoms with Crippen molar-refractivity contribution >= 4 is 46.9 Å². The van der Waals surface area contributed by atoms with Gasteiger partial charge < -0.3 is 29.5 Å². The number of carbonyl (C=O) groups excluding carboxylic acids is 4. The number of amides is 2. The Labute approximate surface area is 390 Å². The molecule has 0 aliphatic carbocycles. The summed E-state index contributed by atoms with van der Waals surface area (Å²) in [5.41, 5.74) is -0.526. The SMILES string of the molecule is CCN(CCN(CCN(CCN(C)CCNC(C)(C)C(=O)c1ccc(OCCSc2ccccc2)cc1)C(C)(C)C(=O)c1ccc(OCCSc2ccccc2)cc1)C(C)=O)C(C)=O. The van der Waals surface area contributed by atoms with E-state index in [1.54, 1.807) is 40.2 Å². The van der Waals surface area contributed by atoms with Gasteiger partial charge in [0.1, 0.15) is 11.5 Å². The molecule has 0 aliphatic heterocycles. The number of hydrogen-bond donors (Lipinski definition) is 1. The molecule has 64 heavy (non-hydrogen) atoms. The van der Waals surface area contributed by atoms with Gasteiger partial charge in [-0.05, 0) is 114 Å². The number of thioether (sulfide) groups is 2. The van der Waals surface area contributed by atoms with E-state index < -0.39 is 11.1 Å². The number of benzene rings is 4. The fourth-order valence-corrected chi connectivity index (χ4v) is 8.60. The van der Waals surface area contributed by atoms with E-state index in [0.29, 0.717) is 89.0 Å². The summed E-state index contributed by atoms with van der Waals surface area (Å²) < 4.78 is 11.9. The Hall–Kier alpha value is -4.66. The van der Waals surface area contributed by atoms with Crippen LogP contribution < -0.4 is 14.8 Å². The molecule has 0 saturated carbocycles. The standard InChI is InChI=1S/C51H69N5O6S2/c1-9-54(40(2)57)31-32-55(41(3)58)33-35-56(51(6,7)49(60)43-22-26-45(27-23-43)62-37-39-64-47-18-14-11-15-19-47)34-30-53(8)29-28-52-50(4,5)48(59)42-20-24-44(25-21-42)61-36-38-63-46-16-12-10-13-17-46/h10-27,52H,9,28-39H2,1-8H3. The fourth-order valence-electron chi connectivity index (χ4n) is 7.10. The largest absolute Gasteiger partial charge is 0.493 e. The van der Waals surface area contributed by atoms with E-state index >= 15 is 0 Å². The Balaban J connectivity index is 1.33. The molecule has 0 saturated heterocycles. The third-order valence-electron chi connectivity index (χ3n) is 11.2. The van der Waals surface area contributed by atoms with Crippen LogP contribution in [0.15, 0.2) is 119 Å². The van der Waals surface area contributed by atoms with E-state index in [-0.39, 0.29) is 23.4 Å². The van der Waals surface area contributed by atoms with Gasteiger partial charge in [0.25, 0.3) is 0 Å². The Kier molecular flexibility index (Phi) is 21.4. The molecule has 4 aromatic rings. The molecule has 0 radical (unpaired) electrons. The lowest BCUT2D eigenvalue weighted by atomic mass is 9.91. The summed E-state index contributed by atoms with van der Waals surface area (Å²) in [6.07, 6.45) is 0. The molecule has 2 amide bonds. The van der Waals surface area contributed by atoms with Crippen molar-refractivity contribution in [1.29, 1.82) is 0 Å². The van der Waals surface area contributed by atoms with Crippen LogP contribution in [0.4, 0.5) is 0 Å². The first kappa shape index (κ1) is 52.0. The third-order valence-corrected chi connectivity index (χ3v) is 13.2. The van der Waals surface area contributed by atoms with Crippen LogP contribution in [0, 0.1) is 0 Å². The monoisotopic (exact) mass is 911 g/mol. The number of Topliss-reactive ketones (excluding diaryl/α,β-unsaturated/α-hetero) is 2. The number of ether oxygens (including phenoxy) is 2. The summed E-state index contributed by atoms with van der Waals surface area (Å²) in [6, 6.07) is 35.1. The molecule has 0 fully saturated rings. The van der Waals surface area contributed by atoms with Crippen LogP contribution in [0.1, 0.15) is 69.2 Å². The summed E-state index contributed by atoms with van der Waals surface area (Å²) in [5, 5.41) is 3.46. The van der Waals surface area contributed by atoms with Gasteiger partial charge in [0.05, 0.1) is 24.3 Å². The summed E-state index contributed by atoms with van der Waals surface area (Å²) in [6.45, 7) is 18.5. The number of hydrogen-bond acceptors (Lipinski definition) is 11. The maximum Gasteiger partial charge on any atom is 0.219 e. The predicted molar refractivity (Wildman–Crippen MR) is 262 cm³/mol. The van der Waals surface area contributed by atoms with E-state index in [9.17, 15) is 19.2 Å². The van der Waals surface area contributed by atoms with Gasteiger partial charge in [-0.1, -0.05) is 36.4 Å². The number of rotatable bonds is 29. The summed E-state index contributed by atoms with van der Waals surface area (Å²) in [4.78, 5) is 63.0. The van der Waals surface area contributed by atoms with Crippen molar-refractivity contribution in [3.8, 4) is 11.5 Å². The molecule has 13 heteroatoms. The van der Waals surface area contributed by atoms with Crippen molar-refractivity contribution in [2.45, 2.75) is 69.3 Å². The highest BCUT2D eigenvalue weighted by molar-refractivity contribution is 7.99. The molecule has 4 rings (SSSR count). The molecule has 0 spiro atoms. The lowest BCUT2D eigenvalue weighted by molar-refractivity contribution is -0.133. The van der Waals surface area contributed by atoms with Gasteiger partial charge in [0.2, 0.25) is 11.8 Å². The van der Waals surface area contributed by atoms with E-state index in [0.717, 1.165) is 17.3 Å². The van der Waals surface area contributed by atoms with Crippen molar-refractivity contribution in [3.63, 3.8) is 0 Å². The molecule has 4 aromatic carbocycles. The van der Waals surface area contributed by atoms with Gasteiger partial charge in [-0.15, -0.1) is 23.5 Å². The van der Waals surface area contributed by atoms with Crippen molar-refractivity contribution in [3.05, 3.63) is 120 Å². The molecule has 0 aromatic heterocycles. The minimum Gasteiger partial charge on any atom is -0.493 e. The van der Waals surface area contributed by atoms with Crippen molar-refractivity contribution < 1.29 is 28.7 Å². The van der Waals surface area contributed by atoms with E-state index in [2.05, 4.69) is 39.4 Å². The maximum absolute atomic E-state index is 14.3. The second-order valence-corrected chi connectivity index (χ2v) is 19.1. The van der Waals surface area contributed by atoms with Gasteiger partial charge in [0.15, 0.2) is 11.6 Å². The predicted octanol–water partition coefficient (Wildman–Crippen LogP) is 8.19. The molecule has 1 N–H and O–H groups in total. The molecule has 0 heterocycles. The Morgan fingerprint density at radius 3 is 1.47 bits per heavy atom. The van der Waals surface area contributed by atoms with Crippen molar-refractivity contribution in [1.82, 2.24) is 24.9 Å². The first-order valence-corrected chi connectivity index (χ1v) is 24.2. The zero-order valence-corrected chi connectivity index (χ0v) is 40.8. The van der Waals surface area contributed by atoms with Crippen LogP contribution in [-0.4, -0.2) is 145 Å². The smallest absolute Gasteiger partial charge is 0.219 e. The van der Waals surface area contributed by atoms with Gasteiger partial charge in [-0.3, -0.25) is 24.1 Å². The van der Waals surface area contributed by atoms with Crippen molar-refractivity contribution in [2.75, 3.05) is 90.7 Å². The number of ketones is 2. The Morgan fingerprint density at radius 2 is 1.00 bits per heavy atom. The average molecular weight is 912 g/mol. The molecule has 0 aliphatic rings. The normalized spacial score (nSPS) is 11.7. The number of carbonyl (C=O) groups is 4. The summed E-state index contributed by atoms with van der Waals surface area (Å²) in [7, 11) is 2.03. The lowest BCUT2D eigenvalue weighted by Gasteiger charge is -2.39. The highest BCUT2D eigenvalue weighted by atomic mass is 32.2. The van der Waals surface area contributed by atoms with Crippen molar-refractivity contribution in [2.24, 2.45) is 0 Å². The first-order chi connectivity index (χ1) is 30.6. The Bertz CT molecular complexity index is 2030. The molecule has 11 nitrogen and oxygen atoms in total. The molecule has 346 valence electrons. The second-order valence-electron chi connectivity index (χ2n) is 16.7. The third kappa shape index (κ3) is 17.0. The lowest BCUT2D eigenvalue weighted by Crippen LogP contribution is -2.55. The van der Waals surface area contributed by atoms with E-state index in [1.165, 1.54) is 16.7 Å². The number of nitrogens with zero attached hydrogens (tertiary/aromatic N) is 4. The topological polar surface area (TPSA) is 112 Å². The Morgan fingerprint density at radius 1 is 0.562 bits per heavy atom. The van der Waals surface area contributed by atoms with Crippen LogP contribution in [0.5, 0.6) is 11.5 Å². The zero-order valence-electron chi connectivity index (χ0n) is 39.1. The molecule has 0 unspecified atom stereocenters. The van der Waals surface area contributed by atoms with Crippen LogP contribution in [0.2, 0.25) is 0 Å². The van der Waals surface area contributed by atoms with Crippen LogP contribution in [-0.2, 0) is 9.59 Å². The first-order valence-electron chi connectivity index (χ1n) is 22.2. The van der Waals surface area contributed by atoms with Gasteiger partial charge in [0, 0.05) is 105 Å². The van der Waals surface area contributed by atoms with Gasteiger partial charge in [-0.25, -0.2) is 0 Å². The van der Waals surface area contributed by atoms with Crippen LogP contribution in [0.25, 0.3) is 0 Å². The van der Waals surface area contributed by atoms with E-state index in [4.69, 9.17) is 9.47 Å². The van der Waals surface area contributed by atoms with Gasteiger partial charge in [-0.2, -0.15) is 0 Å². The van der Waals surface area contributed by atoms with E-state index in [1.807, 2.05) is 127 Å². The fraction of sp³-hybridized carbons (Fsp3) is 0.451. The molecular formula is C51H69N5O6S2. The quantitative estimate of drug-likeness (QED) is 0.0324. The van der Waals surface area contributed by atoms with Gasteiger partial charge >= 0.3 is 0 Å². The average Bonchev–Trinajstić information content (AvgIpc) is 3.29. The highest BCUT2D eigenvalue weighted by Crippen LogP contribution is 2.24.